The van der Waals surface area contributed by atoms with Crippen LogP contribution in [0.5, 0.6) is 5.75 Å². The Labute approximate surface area is 211 Å². The van der Waals surface area contributed by atoms with Gasteiger partial charge < -0.3 is 10.1 Å². The van der Waals surface area contributed by atoms with Crippen LogP contribution in [0.2, 0.25) is 0 Å². The Morgan fingerprint density at radius 2 is 1.83 bits per heavy atom. The molecule has 1 amide bonds. The van der Waals surface area contributed by atoms with E-state index in [1.165, 1.54) is 23.9 Å². The predicted octanol–water partition coefficient (Wildman–Crippen LogP) is 6.53. The van der Waals surface area contributed by atoms with E-state index in [1.807, 2.05) is 73.7 Å². The van der Waals surface area contributed by atoms with Crippen molar-refractivity contribution < 1.29 is 14.5 Å². The number of nitro benzene ring substituents is 1. The molecule has 1 aliphatic rings. The zero-order valence-corrected chi connectivity index (χ0v) is 20.1. The highest BCUT2D eigenvalue weighted by atomic mass is 32.2. The molecule has 1 N–H and O–H groups in total. The average molecular weight is 496 g/mol. The van der Waals surface area contributed by atoms with Crippen molar-refractivity contribution in [3.8, 4) is 5.75 Å². The fraction of sp³-hybridized carbons (Fsp3) is 0.0714. The number of nitrogens with one attached hydrogen (secondary N) is 1. The molecular formula is C28H21N3O4S. The quantitative estimate of drug-likeness (QED) is 0.187. The van der Waals surface area contributed by atoms with E-state index in [-0.39, 0.29) is 18.2 Å². The second-order valence-corrected chi connectivity index (χ2v) is 9.26. The van der Waals surface area contributed by atoms with Gasteiger partial charge in [0.25, 0.3) is 11.6 Å². The minimum atomic E-state index is -0.430. The topological polar surface area (TPSA) is 93.8 Å². The maximum Gasteiger partial charge on any atom is 0.269 e. The fourth-order valence-electron chi connectivity index (χ4n) is 3.82. The molecule has 1 saturated heterocycles. The molecule has 4 aromatic rings. The zero-order valence-electron chi connectivity index (χ0n) is 19.3. The molecule has 0 radical (unpaired) electrons. The number of hydrogen-bond donors (Lipinski definition) is 1. The second-order valence-electron chi connectivity index (χ2n) is 8.23. The molecule has 4 aromatic carbocycles. The van der Waals surface area contributed by atoms with Crippen molar-refractivity contribution in [3.63, 3.8) is 0 Å². The molecule has 178 valence electrons. The summed E-state index contributed by atoms with van der Waals surface area (Å²) < 4.78 is 6.11. The van der Waals surface area contributed by atoms with Crippen LogP contribution in [0.15, 0.2) is 94.8 Å². The van der Waals surface area contributed by atoms with Gasteiger partial charge in [-0.3, -0.25) is 14.9 Å². The third-order valence-electron chi connectivity index (χ3n) is 5.64. The third kappa shape index (κ3) is 5.13. The number of benzene rings is 4. The molecule has 5 rings (SSSR count). The van der Waals surface area contributed by atoms with Crippen LogP contribution in [0, 0.1) is 17.0 Å². The van der Waals surface area contributed by atoms with Crippen molar-refractivity contribution in [2.24, 2.45) is 4.99 Å². The van der Waals surface area contributed by atoms with Gasteiger partial charge >= 0.3 is 0 Å². The van der Waals surface area contributed by atoms with E-state index in [0.29, 0.717) is 21.4 Å². The molecule has 7 nitrogen and oxygen atoms in total. The molecule has 0 unspecified atom stereocenters. The number of nitrogens with zero attached hydrogens (tertiary/aromatic N) is 2. The number of carbonyl (C=O) groups is 1. The molecule has 0 saturated carbocycles. The number of fused-ring (bicyclic) bond motifs is 1. The molecule has 8 heteroatoms. The van der Waals surface area contributed by atoms with Crippen molar-refractivity contribution in [2.45, 2.75) is 13.5 Å². The van der Waals surface area contributed by atoms with Gasteiger partial charge in [-0.25, -0.2) is 4.99 Å². The van der Waals surface area contributed by atoms with Gasteiger partial charge in [0.15, 0.2) is 5.17 Å². The Bertz CT molecular complexity index is 1540. The molecule has 0 spiro atoms. The number of nitro groups is 1. The van der Waals surface area contributed by atoms with Gasteiger partial charge in [-0.15, -0.1) is 0 Å². The lowest BCUT2D eigenvalue weighted by atomic mass is 10.0. The van der Waals surface area contributed by atoms with Crippen molar-refractivity contribution in [1.29, 1.82) is 0 Å². The first-order valence-electron chi connectivity index (χ1n) is 11.2. The largest absolute Gasteiger partial charge is 0.488 e. The summed E-state index contributed by atoms with van der Waals surface area (Å²) in [5.74, 6) is 0.341. The maximum absolute atomic E-state index is 12.8. The van der Waals surface area contributed by atoms with E-state index in [0.717, 1.165) is 27.6 Å². The first-order chi connectivity index (χ1) is 17.5. The summed E-state index contributed by atoms with van der Waals surface area (Å²) in [6.45, 7) is 2.16. The van der Waals surface area contributed by atoms with Crippen molar-refractivity contribution in [2.75, 3.05) is 0 Å². The van der Waals surface area contributed by atoms with Crippen molar-refractivity contribution in [3.05, 3.63) is 117 Å². The number of aryl methyl sites for hydroxylation is 1. The van der Waals surface area contributed by atoms with Crippen LogP contribution >= 0.6 is 11.8 Å². The monoisotopic (exact) mass is 495 g/mol. The van der Waals surface area contributed by atoms with Gasteiger partial charge in [0.1, 0.15) is 12.4 Å². The fourth-order valence-corrected chi connectivity index (χ4v) is 4.64. The van der Waals surface area contributed by atoms with E-state index in [9.17, 15) is 14.9 Å². The summed E-state index contributed by atoms with van der Waals surface area (Å²) in [6, 6.07) is 25.8. The predicted molar refractivity (Wildman–Crippen MR) is 143 cm³/mol. The number of non-ortho nitro benzene ring substituents is 1. The van der Waals surface area contributed by atoms with Gasteiger partial charge in [-0.2, -0.15) is 0 Å². The smallest absolute Gasteiger partial charge is 0.269 e. The molecule has 1 heterocycles. The molecular weight excluding hydrogens is 474 g/mol. The minimum absolute atomic E-state index is 0.0105. The van der Waals surface area contributed by atoms with E-state index in [4.69, 9.17) is 4.74 Å². The number of hydrogen-bond acceptors (Lipinski definition) is 6. The standard InChI is InChI=1S/C28H21N3O4S/c1-18-9-12-21(13-10-18)29-28-30-27(32)26(36-28)16-24-23-8-3-2-6-20(23)11-14-25(24)35-17-19-5-4-7-22(15-19)31(33)34/h2-16H,17H2,1H3,(H,29,30,32)/b26-16+. The third-order valence-corrected chi connectivity index (χ3v) is 6.55. The highest BCUT2D eigenvalue weighted by Gasteiger charge is 2.25. The number of thioether (sulfide) groups is 1. The van der Waals surface area contributed by atoms with E-state index in [1.54, 1.807) is 12.1 Å². The second kappa shape index (κ2) is 10.1. The molecule has 1 fully saturated rings. The summed E-state index contributed by atoms with van der Waals surface area (Å²) in [5, 5.41) is 16.4. The lowest BCUT2D eigenvalue weighted by Crippen LogP contribution is -2.19. The Morgan fingerprint density at radius 1 is 1.03 bits per heavy atom. The van der Waals surface area contributed by atoms with Crippen LogP contribution in [0.1, 0.15) is 16.7 Å². The molecule has 0 atom stereocenters. The number of carbonyl (C=O) groups excluding carboxylic acids is 1. The number of aliphatic imine (C=N–C) groups is 1. The van der Waals surface area contributed by atoms with Gasteiger partial charge in [0.05, 0.1) is 15.5 Å². The van der Waals surface area contributed by atoms with Crippen LogP contribution in [0.3, 0.4) is 0 Å². The van der Waals surface area contributed by atoms with E-state index < -0.39 is 4.92 Å². The normalized spacial score (nSPS) is 15.4. The number of rotatable bonds is 6. The maximum atomic E-state index is 12.8. The van der Waals surface area contributed by atoms with Crippen LogP contribution in [-0.4, -0.2) is 16.0 Å². The van der Waals surface area contributed by atoms with Gasteiger partial charge in [-0.05, 0) is 59.3 Å². The molecule has 0 bridgehead atoms. The van der Waals surface area contributed by atoms with Crippen LogP contribution in [0.4, 0.5) is 11.4 Å². The van der Waals surface area contributed by atoms with E-state index >= 15 is 0 Å². The highest BCUT2D eigenvalue weighted by molar-refractivity contribution is 8.18. The lowest BCUT2D eigenvalue weighted by molar-refractivity contribution is -0.384. The Balaban J connectivity index is 1.47. The Morgan fingerprint density at radius 3 is 2.64 bits per heavy atom. The Hall–Kier alpha value is -4.43. The SMILES string of the molecule is Cc1ccc(N=C2NC(=O)/C(=C\c3c(OCc4cccc([N+](=O)[O-])c4)ccc4ccccc34)S2)cc1. The number of ether oxygens (including phenoxy) is 1. The summed E-state index contributed by atoms with van der Waals surface area (Å²) in [4.78, 5) is 28.5. The molecule has 0 aromatic heterocycles. The van der Waals surface area contributed by atoms with Crippen molar-refractivity contribution in [1.82, 2.24) is 5.32 Å². The van der Waals surface area contributed by atoms with Crippen molar-refractivity contribution >= 4 is 51.1 Å². The van der Waals surface area contributed by atoms with E-state index in [2.05, 4.69) is 10.3 Å². The molecule has 0 aliphatic carbocycles. The average Bonchev–Trinajstić information content (AvgIpc) is 3.23. The van der Waals surface area contributed by atoms with Crippen LogP contribution in [0.25, 0.3) is 16.8 Å². The van der Waals surface area contributed by atoms with Gasteiger partial charge in [0, 0.05) is 17.7 Å². The zero-order chi connectivity index (χ0) is 25.1. The first-order valence-corrected chi connectivity index (χ1v) is 12.0. The highest BCUT2D eigenvalue weighted by Crippen LogP contribution is 2.35. The van der Waals surface area contributed by atoms with Crippen LogP contribution in [-0.2, 0) is 11.4 Å². The Kier molecular flexibility index (Phi) is 6.51. The van der Waals surface area contributed by atoms with Gasteiger partial charge in [-0.1, -0.05) is 60.2 Å². The molecule has 1 aliphatic heterocycles. The first kappa shape index (κ1) is 23.3. The lowest BCUT2D eigenvalue weighted by Gasteiger charge is -2.12. The molecule has 36 heavy (non-hydrogen) atoms. The van der Waals surface area contributed by atoms with Gasteiger partial charge in [0.2, 0.25) is 0 Å². The number of amidine groups is 1. The number of amides is 1. The summed E-state index contributed by atoms with van der Waals surface area (Å²) in [6.07, 6.45) is 1.81. The minimum Gasteiger partial charge on any atom is -0.488 e. The summed E-state index contributed by atoms with van der Waals surface area (Å²) in [7, 11) is 0. The van der Waals surface area contributed by atoms with Crippen LogP contribution < -0.4 is 10.1 Å². The summed E-state index contributed by atoms with van der Waals surface area (Å²) in [5.41, 5.74) is 3.34. The summed E-state index contributed by atoms with van der Waals surface area (Å²) >= 11 is 1.27.